The van der Waals surface area contributed by atoms with E-state index in [2.05, 4.69) is 15.4 Å². The third-order valence-corrected chi connectivity index (χ3v) is 3.14. The summed E-state index contributed by atoms with van der Waals surface area (Å²) in [5.74, 6) is -1.21. The molecule has 25 heavy (non-hydrogen) atoms. The van der Waals surface area contributed by atoms with Crippen molar-refractivity contribution in [3.63, 3.8) is 0 Å². The molecule has 1 fully saturated rings. The first-order valence-electron chi connectivity index (χ1n) is 7.44. The number of nitrogens with one attached hydrogen (secondary N) is 1. The number of hydrogen-bond donors (Lipinski definition) is 2. The zero-order valence-electron chi connectivity index (χ0n) is 14.0. The van der Waals surface area contributed by atoms with Crippen LogP contribution < -0.4 is 5.43 Å². The largest absolute Gasteiger partial charge is 0.481 e. The topological polar surface area (TPSA) is 142 Å². The molecule has 0 aliphatic carbocycles. The first-order valence-corrected chi connectivity index (χ1v) is 7.44. The van der Waals surface area contributed by atoms with Crippen LogP contribution in [-0.4, -0.2) is 77.7 Å². The number of piperazine rings is 1. The van der Waals surface area contributed by atoms with E-state index in [1.54, 1.807) is 0 Å². The quantitative estimate of drug-likeness (QED) is 0.426. The monoisotopic (exact) mass is 355 g/mol. The van der Waals surface area contributed by atoms with E-state index in [0.717, 1.165) is 33.1 Å². The Morgan fingerprint density at radius 1 is 1.40 bits per heavy atom. The van der Waals surface area contributed by atoms with Gasteiger partial charge in [0.25, 0.3) is 11.9 Å². The Bertz CT molecular complexity index is 617. The van der Waals surface area contributed by atoms with Crippen molar-refractivity contribution < 1.29 is 24.0 Å². The van der Waals surface area contributed by atoms with Crippen LogP contribution in [0.25, 0.3) is 0 Å². The maximum atomic E-state index is 11.7. The number of carbonyl (C=O) groups excluding carboxylic acids is 1. The molecule has 1 saturated heterocycles. The van der Waals surface area contributed by atoms with Crippen LogP contribution >= 0.6 is 0 Å². The van der Waals surface area contributed by atoms with Crippen molar-refractivity contribution in [3.05, 3.63) is 28.0 Å². The Morgan fingerprint density at radius 2 is 2.00 bits per heavy atom. The minimum Gasteiger partial charge on any atom is -0.481 e. The van der Waals surface area contributed by atoms with Crippen LogP contribution in [0.4, 0.5) is 5.88 Å². The van der Waals surface area contributed by atoms with Gasteiger partial charge in [-0.3, -0.25) is 24.6 Å². The minimum atomic E-state index is -0.833. The molecule has 0 saturated carbocycles. The summed E-state index contributed by atoms with van der Waals surface area (Å²) < 4.78 is 4.87. The van der Waals surface area contributed by atoms with Crippen LogP contribution in [0, 0.1) is 10.1 Å². The van der Waals surface area contributed by atoms with Gasteiger partial charge in [0.05, 0.1) is 18.8 Å². The van der Waals surface area contributed by atoms with E-state index < -0.39 is 10.9 Å². The summed E-state index contributed by atoms with van der Waals surface area (Å²) in [5.41, 5.74) is 2.37. The van der Waals surface area contributed by atoms with Crippen LogP contribution in [0.2, 0.25) is 0 Å². The predicted molar refractivity (Wildman–Crippen MR) is 88.3 cm³/mol. The molecular formula is C14H21N5O6. The van der Waals surface area contributed by atoms with Crippen molar-refractivity contribution in [3.8, 4) is 0 Å². The number of hydrogen-bond acceptors (Lipinski definition) is 8. The molecule has 0 bridgehead atoms. The van der Waals surface area contributed by atoms with E-state index in [1.165, 1.54) is 18.3 Å². The average molecular weight is 355 g/mol. The molecule has 1 aliphatic rings. The van der Waals surface area contributed by atoms with E-state index in [-0.39, 0.29) is 24.1 Å². The second-order valence-electron chi connectivity index (χ2n) is 5.32. The summed E-state index contributed by atoms with van der Waals surface area (Å²) in [5, 5.41) is 21.6. The number of carboxylic acids is 1. The zero-order chi connectivity index (χ0) is 18.8. The molecule has 0 spiro atoms. The van der Waals surface area contributed by atoms with Crippen molar-refractivity contribution >= 4 is 24.0 Å². The second kappa shape index (κ2) is 10.2. The maximum absolute atomic E-state index is 11.7. The lowest BCUT2D eigenvalue weighted by Gasteiger charge is -2.31. The van der Waals surface area contributed by atoms with Crippen LogP contribution in [0.15, 0.2) is 21.7 Å². The van der Waals surface area contributed by atoms with Gasteiger partial charge in [0, 0.05) is 33.1 Å². The summed E-state index contributed by atoms with van der Waals surface area (Å²) >= 11 is 0. The summed E-state index contributed by atoms with van der Waals surface area (Å²) in [6, 6.07) is 2.64. The lowest BCUT2D eigenvalue weighted by molar-refractivity contribution is -0.402. The van der Waals surface area contributed by atoms with E-state index in [4.69, 9.17) is 14.3 Å². The molecule has 1 amide bonds. The van der Waals surface area contributed by atoms with E-state index in [0.29, 0.717) is 0 Å². The normalized spacial score (nSPS) is 15.4. The highest BCUT2D eigenvalue weighted by Gasteiger charge is 2.16. The molecule has 0 aromatic carbocycles. The SMILES string of the molecule is CC(=O)O.CN1CCN(CC(=O)N/N=C/c2ccc([N+](=O)[O-])o2)CC1. The lowest BCUT2D eigenvalue weighted by atomic mass is 10.3. The molecule has 2 N–H and O–H groups in total. The third kappa shape index (κ3) is 8.58. The molecule has 2 rings (SSSR count). The number of nitro groups is 1. The standard InChI is InChI=1S/C12H17N5O4.C2H4O2/c1-15-4-6-16(7-5-15)9-11(18)14-13-8-10-2-3-12(21-10)17(19)20;1-2(3)4/h2-3,8H,4-7,9H2,1H3,(H,14,18);1H3,(H,3,4)/b13-8+;. The molecule has 1 aromatic heterocycles. The number of furan rings is 1. The van der Waals surface area contributed by atoms with E-state index in [9.17, 15) is 14.9 Å². The van der Waals surface area contributed by atoms with Gasteiger partial charge in [0.15, 0.2) is 5.76 Å². The highest BCUT2D eigenvalue weighted by atomic mass is 16.6. The molecule has 2 heterocycles. The number of hydrazone groups is 1. The van der Waals surface area contributed by atoms with Gasteiger partial charge in [-0.25, -0.2) is 5.43 Å². The van der Waals surface area contributed by atoms with Gasteiger partial charge >= 0.3 is 5.88 Å². The highest BCUT2D eigenvalue weighted by Crippen LogP contribution is 2.13. The summed E-state index contributed by atoms with van der Waals surface area (Å²) in [6.45, 7) is 4.93. The van der Waals surface area contributed by atoms with Crippen LogP contribution in [0.5, 0.6) is 0 Å². The molecule has 0 atom stereocenters. The van der Waals surface area contributed by atoms with Gasteiger partial charge in [0.2, 0.25) is 0 Å². The van der Waals surface area contributed by atoms with Crippen molar-refractivity contribution in [1.29, 1.82) is 0 Å². The van der Waals surface area contributed by atoms with Gasteiger partial charge in [-0.05, 0) is 13.1 Å². The smallest absolute Gasteiger partial charge is 0.433 e. The summed E-state index contributed by atoms with van der Waals surface area (Å²) in [7, 11) is 2.05. The molecule has 138 valence electrons. The average Bonchev–Trinajstić information content (AvgIpc) is 2.98. The third-order valence-electron chi connectivity index (χ3n) is 3.14. The van der Waals surface area contributed by atoms with Gasteiger partial charge in [-0.15, -0.1) is 0 Å². The number of likely N-dealkylation sites (N-methyl/N-ethyl adjacent to an activating group) is 1. The number of rotatable bonds is 5. The Balaban J connectivity index is 0.000000705. The Hall–Kier alpha value is -2.79. The fraction of sp³-hybridized carbons (Fsp3) is 0.500. The van der Waals surface area contributed by atoms with E-state index >= 15 is 0 Å². The Kier molecular flexibility index (Phi) is 8.23. The molecule has 1 aliphatic heterocycles. The fourth-order valence-corrected chi connectivity index (χ4v) is 1.92. The number of carbonyl (C=O) groups is 2. The van der Waals surface area contributed by atoms with Crippen LogP contribution in [0.1, 0.15) is 12.7 Å². The first kappa shape index (κ1) is 20.3. The summed E-state index contributed by atoms with van der Waals surface area (Å²) in [6.07, 6.45) is 1.23. The number of nitrogens with zero attached hydrogens (tertiary/aromatic N) is 4. The molecular weight excluding hydrogens is 334 g/mol. The Labute approximate surface area is 144 Å². The Morgan fingerprint density at radius 3 is 2.52 bits per heavy atom. The molecule has 1 aromatic rings. The van der Waals surface area contributed by atoms with Gasteiger partial charge < -0.3 is 14.4 Å². The minimum absolute atomic E-state index is 0.210. The van der Waals surface area contributed by atoms with Crippen molar-refractivity contribution in [2.45, 2.75) is 6.92 Å². The first-order chi connectivity index (χ1) is 11.8. The molecule has 11 nitrogen and oxygen atoms in total. The summed E-state index contributed by atoms with van der Waals surface area (Å²) in [4.78, 5) is 34.7. The molecule has 0 radical (unpaired) electrons. The van der Waals surface area contributed by atoms with Crippen LogP contribution in [-0.2, 0) is 9.59 Å². The molecule has 11 heteroatoms. The van der Waals surface area contributed by atoms with Gasteiger partial charge in [0.1, 0.15) is 4.92 Å². The second-order valence-corrected chi connectivity index (χ2v) is 5.32. The maximum Gasteiger partial charge on any atom is 0.433 e. The van der Waals surface area contributed by atoms with Crippen molar-refractivity contribution in [2.24, 2.45) is 5.10 Å². The van der Waals surface area contributed by atoms with Gasteiger partial charge in [-0.1, -0.05) is 0 Å². The van der Waals surface area contributed by atoms with Crippen LogP contribution in [0.3, 0.4) is 0 Å². The lowest BCUT2D eigenvalue weighted by Crippen LogP contribution is -2.47. The number of aliphatic carboxylic acids is 1. The highest BCUT2D eigenvalue weighted by molar-refractivity contribution is 5.81. The van der Waals surface area contributed by atoms with Crippen molar-refractivity contribution in [2.75, 3.05) is 39.8 Å². The van der Waals surface area contributed by atoms with Gasteiger partial charge in [-0.2, -0.15) is 5.10 Å². The number of carboxylic acid groups (broad SMARTS) is 1. The number of amides is 1. The zero-order valence-corrected chi connectivity index (χ0v) is 14.0. The molecule has 0 unspecified atom stereocenters. The van der Waals surface area contributed by atoms with E-state index in [1.807, 2.05) is 11.9 Å². The predicted octanol–water partition coefficient (Wildman–Crippen LogP) is -0.0238. The fourth-order valence-electron chi connectivity index (χ4n) is 1.92. The van der Waals surface area contributed by atoms with Crippen molar-refractivity contribution in [1.82, 2.24) is 15.2 Å².